The van der Waals surface area contributed by atoms with E-state index in [9.17, 15) is 14.4 Å². The van der Waals surface area contributed by atoms with E-state index >= 15 is 0 Å². The topological polar surface area (TPSA) is 78.9 Å². The summed E-state index contributed by atoms with van der Waals surface area (Å²) < 4.78 is 17.0. The number of hydrogen-bond acceptors (Lipinski definition) is 6. The van der Waals surface area contributed by atoms with E-state index in [1.54, 1.807) is 0 Å². The number of unbranched alkanes of at least 4 members (excludes halogenated alkanes) is 40. The molecule has 0 aromatic carbocycles. The molecule has 0 bridgehead atoms. The van der Waals surface area contributed by atoms with Crippen molar-refractivity contribution >= 4 is 17.9 Å². The summed E-state index contributed by atoms with van der Waals surface area (Å²) in [5.41, 5.74) is 0. The number of rotatable bonds is 65. The molecule has 0 aromatic rings. The lowest BCUT2D eigenvalue weighted by Crippen LogP contribution is -2.30. The monoisotopic (exact) mass is 1140 g/mol. The first-order chi connectivity index (χ1) is 40.5. The zero-order valence-corrected chi connectivity index (χ0v) is 54.5. The lowest BCUT2D eigenvalue weighted by atomic mass is 10.0. The minimum atomic E-state index is -0.782. The van der Waals surface area contributed by atoms with E-state index in [2.05, 4.69) is 106 Å². The normalized spacial score (nSPS) is 12.6. The zero-order valence-electron chi connectivity index (χ0n) is 54.5. The number of carbonyl (C=O) groups excluding carboxylic acids is 3. The predicted molar refractivity (Wildman–Crippen MR) is 358 cm³/mol. The molecule has 0 amide bonds. The second-order valence-electron chi connectivity index (χ2n) is 23.8. The standard InChI is InChI=1S/C76H134O6/c1-4-7-10-13-16-19-22-25-27-29-31-33-35-37-38-40-41-43-45-47-49-51-54-57-60-63-66-69-75(78)81-72-73(71-80-74(77)68-65-62-59-56-53-24-21-18-15-12-9-6-3)82-76(79)70-67-64-61-58-55-52-50-48-46-44-42-39-36-34-32-30-28-26-23-20-17-14-11-8-5-2/h7,10,16,18-19,21,25,27,30-33,37-38,73H,4-6,8-9,11-15,17,20,22-24,26,28-29,34-36,39-72H2,1-3H3/b10-7-,19-16-,21-18-,27-25-,32-30-,33-31-,38-37-. The van der Waals surface area contributed by atoms with Crippen molar-refractivity contribution in [2.45, 2.75) is 367 Å². The highest BCUT2D eigenvalue weighted by Crippen LogP contribution is 2.17. The van der Waals surface area contributed by atoms with Crippen molar-refractivity contribution in [1.82, 2.24) is 0 Å². The van der Waals surface area contributed by atoms with E-state index in [-0.39, 0.29) is 31.1 Å². The maximum absolute atomic E-state index is 13.0. The molecular weight excluding hydrogens is 1010 g/mol. The minimum Gasteiger partial charge on any atom is -0.462 e. The summed E-state index contributed by atoms with van der Waals surface area (Å²) in [6, 6.07) is 0. The van der Waals surface area contributed by atoms with Crippen LogP contribution in [0.2, 0.25) is 0 Å². The molecule has 82 heavy (non-hydrogen) atoms. The van der Waals surface area contributed by atoms with Crippen LogP contribution in [0, 0.1) is 0 Å². The van der Waals surface area contributed by atoms with Crippen LogP contribution in [-0.4, -0.2) is 37.2 Å². The Morgan fingerprint density at radius 1 is 0.256 bits per heavy atom. The fraction of sp³-hybridized carbons (Fsp3) is 0.776. The molecule has 0 aliphatic heterocycles. The van der Waals surface area contributed by atoms with Crippen LogP contribution in [0.1, 0.15) is 361 Å². The van der Waals surface area contributed by atoms with Crippen molar-refractivity contribution in [2.24, 2.45) is 0 Å². The van der Waals surface area contributed by atoms with Gasteiger partial charge in [0.05, 0.1) is 0 Å². The second kappa shape index (κ2) is 70.1. The SMILES string of the molecule is CC/C=C\C/C=C\C/C=C\C/C=C\C/C=C\CCCCCCCCCCCCCC(=O)OCC(COC(=O)CCCCCCC/C=C\CCCCC)OC(=O)CCCCCCCCCCCCCCC/C=C\CCCCCCCCCC. The van der Waals surface area contributed by atoms with Crippen molar-refractivity contribution in [3.05, 3.63) is 85.1 Å². The van der Waals surface area contributed by atoms with Gasteiger partial charge >= 0.3 is 17.9 Å². The third kappa shape index (κ3) is 67.4. The van der Waals surface area contributed by atoms with Gasteiger partial charge < -0.3 is 14.2 Å². The number of esters is 3. The predicted octanol–water partition coefficient (Wildman–Crippen LogP) is 24.6. The summed E-state index contributed by atoms with van der Waals surface area (Å²) in [6.45, 7) is 6.54. The molecule has 0 aliphatic carbocycles. The molecule has 1 atom stereocenters. The number of hydrogen-bond donors (Lipinski definition) is 0. The van der Waals surface area contributed by atoms with Crippen molar-refractivity contribution in [3.63, 3.8) is 0 Å². The third-order valence-corrected chi connectivity index (χ3v) is 15.6. The Hall–Kier alpha value is -3.41. The Morgan fingerprint density at radius 2 is 0.476 bits per heavy atom. The van der Waals surface area contributed by atoms with Gasteiger partial charge in [-0.15, -0.1) is 0 Å². The van der Waals surface area contributed by atoms with Crippen LogP contribution in [0.15, 0.2) is 85.1 Å². The van der Waals surface area contributed by atoms with E-state index in [0.29, 0.717) is 19.3 Å². The van der Waals surface area contributed by atoms with E-state index in [4.69, 9.17) is 14.2 Å². The zero-order chi connectivity index (χ0) is 59.2. The van der Waals surface area contributed by atoms with Gasteiger partial charge in [0.25, 0.3) is 0 Å². The Bertz CT molecular complexity index is 1550. The van der Waals surface area contributed by atoms with Gasteiger partial charge in [0.2, 0.25) is 0 Å². The first-order valence-corrected chi connectivity index (χ1v) is 35.6. The average Bonchev–Trinajstić information content (AvgIpc) is 3.47. The molecule has 6 heteroatoms. The highest BCUT2D eigenvalue weighted by atomic mass is 16.6. The largest absolute Gasteiger partial charge is 0.462 e. The molecule has 6 nitrogen and oxygen atoms in total. The van der Waals surface area contributed by atoms with E-state index in [1.165, 1.54) is 225 Å². The van der Waals surface area contributed by atoms with Crippen molar-refractivity contribution in [1.29, 1.82) is 0 Å². The van der Waals surface area contributed by atoms with Gasteiger partial charge in [-0.05, 0) is 116 Å². The molecule has 0 saturated heterocycles. The van der Waals surface area contributed by atoms with Gasteiger partial charge in [-0.25, -0.2) is 0 Å². The molecule has 1 unspecified atom stereocenters. The van der Waals surface area contributed by atoms with Crippen LogP contribution in [-0.2, 0) is 28.6 Å². The lowest BCUT2D eigenvalue weighted by molar-refractivity contribution is -0.167. The maximum Gasteiger partial charge on any atom is 0.306 e. The quantitative estimate of drug-likeness (QED) is 0.0261. The molecular formula is C76H134O6. The maximum atomic E-state index is 13.0. The molecule has 0 aromatic heterocycles. The van der Waals surface area contributed by atoms with Crippen molar-refractivity contribution in [2.75, 3.05) is 13.2 Å². The van der Waals surface area contributed by atoms with Crippen LogP contribution in [0.25, 0.3) is 0 Å². The lowest BCUT2D eigenvalue weighted by Gasteiger charge is -2.18. The van der Waals surface area contributed by atoms with Crippen molar-refractivity contribution < 1.29 is 28.6 Å². The Kier molecular flexibility index (Phi) is 67.2. The Balaban J connectivity index is 4.24. The van der Waals surface area contributed by atoms with E-state index < -0.39 is 6.10 Å². The van der Waals surface area contributed by atoms with Gasteiger partial charge in [0.15, 0.2) is 6.10 Å². The fourth-order valence-electron chi connectivity index (χ4n) is 10.3. The molecule has 0 radical (unpaired) electrons. The van der Waals surface area contributed by atoms with Crippen LogP contribution in [0.5, 0.6) is 0 Å². The molecule has 0 spiro atoms. The highest BCUT2D eigenvalue weighted by molar-refractivity contribution is 5.71. The molecule has 0 fully saturated rings. The summed E-state index contributed by atoms with van der Waals surface area (Å²) in [4.78, 5) is 38.4. The van der Waals surface area contributed by atoms with Gasteiger partial charge in [0.1, 0.15) is 13.2 Å². The Labute approximate surface area is 509 Å². The van der Waals surface area contributed by atoms with Gasteiger partial charge in [0, 0.05) is 19.3 Å². The second-order valence-corrected chi connectivity index (χ2v) is 23.8. The molecule has 0 heterocycles. The van der Waals surface area contributed by atoms with E-state index in [1.807, 2.05) is 0 Å². The fourth-order valence-corrected chi connectivity index (χ4v) is 10.3. The summed E-state index contributed by atoms with van der Waals surface area (Å²) in [6.07, 6.45) is 93.3. The summed E-state index contributed by atoms with van der Waals surface area (Å²) >= 11 is 0. The number of allylic oxidation sites excluding steroid dienone is 14. The summed E-state index contributed by atoms with van der Waals surface area (Å²) in [5, 5.41) is 0. The number of carbonyl (C=O) groups is 3. The van der Waals surface area contributed by atoms with Crippen molar-refractivity contribution in [3.8, 4) is 0 Å². The minimum absolute atomic E-state index is 0.0780. The smallest absolute Gasteiger partial charge is 0.306 e. The highest BCUT2D eigenvalue weighted by Gasteiger charge is 2.19. The molecule has 474 valence electrons. The van der Waals surface area contributed by atoms with Gasteiger partial charge in [-0.1, -0.05) is 311 Å². The van der Waals surface area contributed by atoms with E-state index in [0.717, 1.165) is 96.3 Å². The molecule has 0 aliphatic rings. The first kappa shape index (κ1) is 78.6. The molecule has 0 saturated carbocycles. The van der Waals surface area contributed by atoms with Crippen LogP contribution >= 0.6 is 0 Å². The first-order valence-electron chi connectivity index (χ1n) is 35.6. The molecule has 0 N–H and O–H groups in total. The van der Waals surface area contributed by atoms with Crippen LogP contribution in [0.4, 0.5) is 0 Å². The molecule has 0 rings (SSSR count). The Morgan fingerprint density at radius 3 is 0.780 bits per heavy atom. The summed E-state index contributed by atoms with van der Waals surface area (Å²) in [7, 11) is 0. The average molecular weight is 1140 g/mol. The van der Waals surface area contributed by atoms with Crippen LogP contribution in [0.3, 0.4) is 0 Å². The van der Waals surface area contributed by atoms with Gasteiger partial charge in [-0.3, -0.25) is 14.4 Å². The van der Waals surface area contributed by atoms with Gasteiger partial charge in [-0.2, -0.15) is 0 Å². The summed E-state index contributed by atoms with van der Waals surface area (Å²) in [5.74, 6) is -0.872. The number of ether oxygens (including phenoxy) is 3. The van der Waals surface area contributed by atoms with Crippen LogP contribution < -0.4 is 0 Å². The third-order valence-electron chi connectivity index (χ3n) is 15.6.